The first-order valence-electron chi connectivity index (χ1n) is 2.92. The van der Waals surface area contributed by atoms with E-state index in [0.29, 0.717) is 0 Å². The monoisotopic (exact) mass is 127 g/mol. The molecule has 0 radical (unpaired) electrons. The van der Waals surface area contributed by atoms with E-state index in [1.165, 1.54) is 0 Å². The molecular weight excluding hydrogens is 116 g/mol. The van der Waals surface area contributed by atoms with Gasteiger partial charge in [0.1, 0.15) is 0 Å². The van der Waals surface area contributed by atoms with E-state index in [9.17, 15) is 0 Å². The van der Waals surface area contributed by atoms with Crippen LogP contribution in [-0.4, -0.2) is 42.6 Å². The number of likely N-dealkylation sites (N-methyl/N-ethyl adjacent to an activating group) is 2. The second-order valence-corrected chi connectivity index (χ2v) is 2.25. The Morgan fingerprint density at radius 3 is 2.67 bits per heavy atom. The maximum Gasteiger partial charge on any atom is 0.411 e. The van der Waals surface area contributed by atoms with Gasteiger partial charge in [-0.2, -0.15) is 0 Å². The van der Waals surface area contributed by atoms with Gasteiger partial charge in [-0.15, -0.1) is 5.53 Å². The molecule has 1 heterocycles. The van der Waals surface area contributed by atoms with Gasteiger partial charge in [-0.05, 0) is 0 Å². The molecule has 0 saturated carbocycles. The first-order chi connectivity index (χ1) is 4.25. The average Bonchev–Trinajstić information content (AvgIpc) is 2.12. The minimum atomic E-state index is 0.759. The van der Waals surface area contributed by atoms with E-state index >= 15 is 0 Å². The zero-order valence-corrected chi connectivity index (χ0v) is 5.76. The van der Waals surface area contributed by atoms with E-state index in [1.54, 1.807) is 0 Å². The van der Waals surface area contributed by atoms with E-state index in [0.717, 1.165) is 19.0 Å². The summed E-state index contributed by atoms with van der Waals surface area (Å²) in [6.07, 6.45) is 0. The largest absolute Gasteiger partial charge is 0.411 e. The summed E-state index contributed by atoms with van der Waals surface area (Å²) in [5.74, 6) is 0.759. The first kappa shape index (κ1) is 6.19. The highest BCUT2D eigenvalue weighted by molar-refractivity contribution is 5.75. The summed E-state index contributed by atoms with van der Waals surface area (Å²) in [6.45, 7) is 1.96. The van der Waals surface area contributed by atoms with Crippen LogP contribution in [0.3, 0.4) is 0 Å². The van der Waals surface area contributed by atoms with Crippen molar-refractivity contribution in [2.75, 3.05) is 27.2 Å². The fourth-order valence-electron chi connectivity index (χ4n) is 0.962. The van der Waals surface area contributed by atoms with Crippen LogP contribution < -0.4 is 0 Å². The van der Waals surface area contributed by atoms with Gasteiger partial charge in [0.05, 0.1) is 27.2 Å². The molecule has 4 nitrogen and oxygen atoms in total. The predicted molar refractivity (Wildman–Crippen MR) is 33.8 cm³/mol. The van der Waals surface area contributed by atoms with Crippen molar-refractivity contribution in [1.82, 2.24) is 4.90 Å². The minimum absolute atomic E-state index is 0.759. The Kier molecular flexibility index (Phi) is 1.46. The summed E-state index contributed by atoms with van der Waals surface area (Å²) in [7, 11) is 3.88. The van der Waals surface area contributed by atoms with Crippen LogP contribution in [0.5, 0.6) is 0 Å². The quantitative estimate of drug-likeness (QED) is 0.360. The van der Waals surface area contributed by atoms with Crippen LogP contribution >= 0.6 is 0 Å². The fraction of sp³-hybridized carbons (Fsp3) is 0.800. The molecule has 4 heteroatoms. The van der Waals surface area contributed by atoms with E-state index in [4.69, 9.17) is 5.53 Å². The van der Waals surface area contributed by atoms with Crippen LogP contribution in [0.4, 0.5) is 0 Å². The first-order valence-corrected chi connectivity index (χ1v) is 2.92. The van der Waals surface area contributed by atoms with Crippen molar-refractivity contribution in [2.24, 2.45) is 5.11 Å². The van der Waals surface area contributed by atoms with Gasteiger partial charge < -0.3 is 0 Å². The normalized spacial score (nSPS) is 19.1. The fourth-order valence-corrected chi connectivity index (χ4v) is 0.962. The smallest absolute Gasteiger partial charge is 0.260 e. The van der Waals surface area contributed by atoms with Crippen molar-refractivity contribution in [3.05, 3.63) is 0 Å². The standard InChI is InChI=1S/C5H11N4/c1-8-3-4-9(2)5(8)7-6/h6H,3-4H2,1-2H3/q+1. The number of nitrogens with zero attached hydrogens (tertiary/aromatic N) is 3. The van der Waals surface area contributed by atoms with Gasteiger partial charge in [-0.3, -0.25) is 9.48 Å². The highest BCUT2D eigenvalue weighted by Gasteiger charge is 2.23. The molecule has 0 spiro atoms. The molecule has 0 amide bonds. The Morgan fingerprint density at radius 2 is 2.44 bits per heavy atom. The summed E-state index contributed by atoms with van der Waals surface area (Å²) in [4.78, 5) is 1.97. The van der Waals surface area contributed by atoms with Crippen molar-refractivity contribution < 1.29 is 4.58 Å². The topological polar surface area (TPSA) is 42.5 Å². The van der Waals surface area contributed by atoms with Crippen LogP contribution in [-0.2, 0) is 0 Å². The highest BCUT2D eigenvalue weighted by atomic mass is 15.4. The molecular formula is C5H11N4+. The Morgan fingerprint density at radius 1 is 1.78 bits per heavy atom. The molecule has 0 atom stereocenters. The summed E-state index contributed by atoms with van der Waals surface area (Å²) in [5, 5.41) is 3.37. The number of guanidine groups is 1. The second-order valence-electron chi connectivity index (χ2n) is 2.25. The molecule has 0 saturated heterocycles. The van der Waals surface area contributed by atoms with Crippen LogP contribution in [0, 0.1) is 5.53 Å². The molecule has 0 aromatic carbocycles. The third-order valence-corrected chi connectivity index (χ3v) is 1.55. The lowest BCUT2D eigenvalue weighted by molar-refractivity contribution is -0.487. The zero-order valence-electron chi connectivity index (χ0n) is 5.76. The predicted octanol–water partition coefficient (Wildman–Crippen LogP) is -0.0389. The van der Waals surface area contributed by atoms with Crippen LogP contribution in [0.25, 0.3) is 0 Å². The molecule has 1 rings (SSSR count). The van der Waals surface area contributed by atoms with Crippen LogP contribution in [0.2, 0.25) is 0 Å². The zero-order chi connectivity index (χ0) is 6.85. The SMILES string of the molecule is CN1CC[N+](C)=C1N=N. The van der Waals surface area contributed by atoms with Crippen molar-refractivity contribution in [3.63, 3.8) is 0 Å². The molecule has 0 fully saturated rings. The molecule has 0 aromatic rings. The van der Waals surface area contributed by atoms with Gasteiger partial charge in [0, 0.05) is 5.11 Å². The Labute approximate surface area is 54.3 Å². The van der Waals surface area contributed by atoms with Crippen LogP contribution in [0.1, 0.15) is 0 Å². The van der Waals surface area contributed by atoms with Gasteiger partial charge >= 0.3 is 5.96 Å². The van der Waals surface area contributed by atoms with Crippen molar-refractivity contribution in [3.8, 4) is 0 Å². The molecule has 0 bridgehead atoms. The molecule has 1 aliphatic rings. The van der Waals surface area contributed by atoms with Crippen LogP contribution in [0.15, 0.2) is 5.11 Å². The maximum absolute atomic E-state index is 6.77. The van der Waals surface area contributed by atoms with E-state index in [1.807, 2.05) is 23.6 Å². The number of nitrogens with one attached hydrogen (secondary N) is 1. The highest BCUT2D eigenvalue weighted by Crippen LogP contribution is 1.96. The molecule has 0 unspecified atom stereocenters. The Balaban J connectivity index is 2.81. The summed E-state index contributed by atoms with van der Waals surface area (Å²) < 4.78 is 1.97. The van der Waals surface area contributed by atoms with Crippen molar-refractivity contribution in [1.29, 1.82) is 5.53 Å². The molecule has 9 heavy (non-hydrogen) atoms. The van der Waals surface area contributed by atoms with Gasteiger partial charge in [-0.25, -0.2) is 0 Å². The van der Waals surface area contributed by atoms with E-state index < -0.39 is 0 Å². The Hall–Kier alpha value is -0.930. The molecule has 0 aliphatic carbocycles. The average molecular weight is 127 g/mol. The lowest BCUT2D eigenvalue weighted by Gasteiger charge is -1.97. The third kappa shape index (κ3) is 0.918. The maximum atomic E-state index is 6.77. The Bertz CT molecular complexity index is 160. The number of hydrogen-bond acceptors (Lipinski definition) is 3. The second kappa shape index (κ2) is 2.13. The van der Waals surface area contributed by atoms with E-state index in [2.05, 4.69) is 5.11 Å². The summed E-state index contributed by atoms with van der Waals surface area (Å²) in [5.41, 5.74) is 6.77. The van der Waals surface area contributed by atoms with Gasteiger partial charge in [-0.1, -0.05) is 0 Å². The lowest BCUT2D eigenvalue weighted by Crippen LogP contribution is -2.21. The van der Waals surface area contributed by atoms with Gasteiger partial charge in [0.2, 0.25) is 0 Å². The van der Waals surface area contributed by atoms with Gasteiger partial charge in [0.15, 0.2) is 0 Å². The lowest BCUT2D eigenvalue weighted by atomic mass is 10.6. The number of hydrogen-bond donors (Lipinski definition) is 1. The minimum Gasteiger partial charge on any atom is -0.260 e. The van der Waals surface area contributed by atoms with Crippen molar-refractivity contribution >= 4 is 5.96 Å². The molecule has 0 aromatic heterocycles. The summed E-state index contributed by atoms with van der Waals surface area (Å²) in [6, 6.07) is 0. The summed E-state index contributed by atoms with van der Waals surface area (Å²) >= 11 is 0. The number of rotatable bonds is 0. The molecule has 50 valence electrons. The van der Waals surface area contributed by atoms with E-state index in [-0.39, 0.29) is 0 Å². The molecule has 1 aliphatic heterocycles. The van der Waals surface area contributed by atoms with Crippen molar-refractivity contribution in [2.45, 2.75) is 0 Å². The molecule has 1 N–H and O–H groups in total. The van der Waals surface area contributed by atoms with Gasteiger partial charge in [0.25, 0.3) is 0 Å². The third-order valence-electron chi connectivity index (χ3n) is 1.55.